The zero-order chi connectivity index (χ0) is 18.4. The molecule has 27 heavy (non-hydrogen) atoms. The number of benzene rings is 3. The van der Waals surface area contributed by atoms with Crippen molar-refractivity contribution in [1.29, 1.82) is 0 Å². The van der Waals surface area contributed by atoms with E-state index in [2.05, 4.69) is 79.3 Å². The van der Waals surface area contributed by atoms with Crippen molar-refractivity contribution in [3.05, 3.63) is 98.4 Å². The molecule has 0 fully saturated rings. The molecule has 0 unspecified atom stereocenters. The summed E-state index contributed by atoms with van der Waals surface area (Å²) in [4.78, 5) is 0. The molecule has 3 aromatic rings. The molecule has 2 heterocycles. The molecule has 0 N–H and O–H groups in total. The number of rotatable bonds is 2. The fraction of sp³-hybridized carbons (Fsp3) is 0.136. The molecule has 5 rings (SSSR count). The Labute approximate surface area is 174 Å². The smallest absolute Gasteiger partial charge is 0.213 e. The molecule has 0 radical (unpaired) electrons. The van der Waals surface area contributed by atoms with Gasteiger partial charge in [0, 0.05) is 22.0 Å². The minimum atomic E-state index is -0.248. The number of fused-ring (bicyclic) bond motifs is 3. The second kappa shape index (κ2) is 6.80. The van der Waals surface area contributed by atoms with Gasteiger partial charge in [0.15, 0.2) is 0 Å². The molecule has 3 aromatic carbocycles. The third-order valence-electron chi connectivity index (χ3n) is 5.00. The summed E-state index contributed by atoms with van der Waals surface area (Å²) < 4.78 is 8.44. The Hall–Kier alpha value is -2.11. The van der Waals surface area contributed by atoms with E-state index in [1.54, 1.807) is 0 Å². The lowest BCUT2D eigenvalue weighted by Crippen LogP contribution is -2.33. The summed E-state index contributed by atoms with van der Waals surface area (Å²) in [7, 11) is 0. The highest BCUT2D eigenvalue weighted by atomic mass is 79.9. The molecule has 0 bridgehead atoms. The van der Waals surface area contributed by atoms with Crippen LogP contribution in [0.15, 0.2) is 86.8 Å². The number of halogens is 2. The van der Waals surface area contributed by atoms with Crippen molar-refractivity contribution in [3.63, 3.8) is 0 Å². The van der Waals surface area contributed by atoms with E-state index < -0.39 is 0 Å². The van der Waals surface area contributed by atoms with Gasteiger partial charge in [-0.25, -0.2) is 5.01 Å². The molecular formula is C22H16Br2N2O. The summed E-state index contributed by atoms with van der Waals surface area (Å²) in [5, 5.41) is 7.10. The van der Waals surface area contributed by atoms with E-state index in [-0.39, 0.29) is 12.3 Å². The molecule has 0 aliphatic carbocycles. The van der Waals surface area contributed by atoms with E-state index in [0.29, 0.717) is 0 Å². The van der Waals surface area contributed by atoms with E-state index >= 15 is 0 Å². The lowest BCUT2D eigenvalue weighted by molar-refractivity contribution is -0.0197. The summed E-state index contributed by atoms with van der Waals surface area (Å²) in [6.07, 6.45) is 0.606. The van der Waals surface area contributed by atoms with Crippen LogP contribution in [0.25, 0.3) is 0 Å². The monoisotopic (exact) mass is 482 g/mol. The Balaban J connectivity index is 1.64. The maximum Gasteiger partial charge on any atom is 0.213 e. The van der Waals surface area contributed by atoms with Gasteiger partial charge in [0.05, 0.1) is 16.2 Å². The first-order chi connectivity index (χ1) is 13.2. The van der Waals surface area contributed by atoms with Crippen LogP contribution in [0.5, 0.6) is 5.75 Å². The minimum absolute atomic E-state index is 0.142. The largest absolute Gasteiger partial charge is 0.463 e. The summed E-state index contributed by atoms with van der Waals surface area (Å²) in [5.74, 6) is 0.901. The number of nitrogens with zero attached hydrogens (tertiary/aromatic N) is 2. The highest BCUT2D eigenvalue weighted by Crippen LogP contribution is 2.50. The molecule has 134 valence electrons. The van der Waals surface area contributed by atoms with Gasteiger partial charge in [0.2, 0.25) is 6.23 Å². The van der Waals surface area contributed by atoms with Crippen LogP contribution in [0, 0.1) is 0 Å². The Morgan fingerprint density at radius 2 is 1.63 bits per heavy atom. The Kier molecular flexibility index (Phi) is 4.29. The third-order valence-corrected chi connectivity index (χ3v) is 6.05. The van der Waals surface area contributed by atoms with E-state index in [4.69, 9.17) is 9.84 Å². The summed E-state index contributed by atoms with van der Waals surface area (Å²) >= 11 is 7.30. The van der Waals surface area contributed by atoms with Gasteiger partial charge < -0.3 is 4.74 Å². The number of hydrogen-bond donors (Lipinski definition) is 0. The fourth-order valence-corrected chi connectivity index (χ4v) is 5.11. The van der Waals surface area contributed by atoms with Gasteiger partial charge in [-0.05, 0) is 33.6 Å². The van der Waals surface area contributed by atoms with E-state index in [9.17, 15) is 0 Å². The lowest BCUT2D eigenvalue weighted by atomic mass is 9.96. The fourth-order valence-electron chi connectivity index (χ4n) is 3.76. The molecular weight excluding hydrogens is 468 g/mol. The van der Waals surface area contributed by atoms with Gasteiger partial charge in [-0.15, -0.1) is 0 Å². The quantitative estimate of drug-likeness (QED) is 0.418. The van der Waals surface area contributed by atoms with Crippen molar-refractivity contribution in [3.8, 4) is 5.75 Å². The van der Waals surface area contributed by atoms with Crippen molar-refractivity contribution in [1.82, 2.24) is 5.01 Å². The van der Waals surface area contributed by atoms with E-state index in [1.165, 1.54) is 0 Å². The number of ether oxygens (including phenoxy) is 1. The molecule has 2 aliphatic rings. The zero-order valence-electron chi connectivity index (χ0n) is 14.3. The molecule has 2 aliphatic heterocycles. The topological polar surface area (TPSA) is 24.8 Å². The van der Waals surface area contributed by atoms with Gasteiger partial charge >= 0.3 is 0 Å². The number of hydrogen-bond acceptors (Lipinski definition) is 3. The highest BCUT2D eigenvalue weighted by molar-refractivity contribution is 9.11. The lowest BCUT2D eigenvalue weighted by Gasteiger charge is -2.38. The van der Waals surface area contributed by atoms with Gasteiger partial charge in [0.1, 0.15) is 5.75 Å². The van der Waals surface area contributed by atoms with Crippen molar-refractivity contribution in [2.75, 3.05) is 0 Å². The van der Waals surface area contributed by atoms with Gasteiger partial charge in [-0.2, -0.15) is 5.10 Å². The van der Waals surface area contributed by atoms with E-state index in [1.807, 2.05) is 30.3 Å². The number of hydrazone groups is 1. The Bertz CT molecular complexity index is 1020. The van der Waals surface area contributed by atoms with Crippen LogP contribution in [0.3, 0.4) is 0 Å². The highest BCUT2D eigenvalue weighted by Gasteiger charge is 2.41. The first-order valence-corrected chi connectivity index (χ1v) is 10.4. The van der Waals surface area contributed by atoms with Crippen LogP contribution >= 0.6 is 31.9 Å². The van der Waals surface area contributed by atoms with Crippen LogP contribution in [0.1, 0.15) is 35.4 Å². The Morgan fingerprint density at radius 1 is 0.926 bits per heavy atom. The van der Waals surface area contributed by atoms with Crippen molar-refractivity contribution in [2.45, 2.75) is 18.7 Å². The average molecular weight is 484 g/mol. The molecule has 0 saturated carbocycles. The van der Waals surface area contributed by atoms with Crippen LogP contribution in [0.4, 0.5) is 0 Å². The predicted octanol–water partition coefficient (Wildman–Crippen LogP) is 6.45. The normalized spacial score (nSPS) is 20.5. The minimum Gasteiger partial charge on any atom is -0.463 e. The van der Waals surface area contributed by atoms with Gasteiger partial charge in [0.25, 0.3) is 0 Å². The predicted molar refractivity (Wildman–Crippen MR) is 114 cm³/mol. The molecule has 0 amide bonds. The zero-order valence-corrected chi connectivity index (χ0v) is 17.5. The maximum atomic E-state index is 6.45. The first kappa shape index (κ1) is 17.0. The van der Waals surface area contributed by atoms with Crippen molar-refractivity contribution in [2.24, 2.45) is 5.10 Å². The molecule has 2 atom stereocenters. The first-order valence-electron chi connectivity index (χ1n) is 8.82. The second-order valence-corrected chi connectivity index (χ2v) is 8.47. The van der Waals surface area contributed by atoms with Crippen LogP contribution in [-0.4, -0.2) is 10.7 Å². The maximum absolute atomic E-state index is 6.45. The molecule has 0 aromatic heterocycles. The standard InChI is InChI=1S/C22H16Br2N2O/c23-16-11-17-20-13-19(14-7-3-1-4-8-14)25-26(20)22(15-9-5-2-6-10-15)27-21(17)18(24)12-16/h1-12,20,22H,13H2/t20-,22-/m0/s1. The molecule has 5 heteroatoms. The SMILES string of the molecule is Brc1cc(Br)c2c(c1)[C@@H]1CC(c3ccccc3)=NN1[C@H](c1ccccc1)O2. The molecule has 0 spiro atoms. The van der Waals surface area contributed by atoms with E-state index in [0.717, 1.165) is 43.5 Å². The molecule has 3 nitrogen and oxygen atoms in total. The average Bonchev–Trinajstić information content (AvgIpc) is 3.15. The van der Waals surface area contributed by atoms with Crippen molar-refractivity contribution >= 4 is 37.6 Å². The Morgan fingerprint density at radius 3 is 2.37 bits per heavy atom. The summed E-state index contributed by atoms with van der Waals surface area (Å²) in [5.41, 5.74) is 4.50. The van der Waals surface area contributed by atoms with Gasteiger partial charge in [-0.1, -0.05) is 76.6 Å². The van der Waals surface area contributed by atoms with Gasteiger partial charge in [-0.3, -0.25) is 0 Å². The van der Waals surface area contributed by atoms with Crippen LogP contribution < -0.4 is 4.74 Å². The third kappa shape index (κ3) is 2.99. The second-order valence-electron chi connectivity index (χ2n) is 6.70. The summed E-state index contributed by atoms with van der Waals surface area (Å²) in [6.45, 7) is 0. The van der Waals surface area contributed by atoms with Crippen LogP contribution in [0.2, 0.25) is 0 Å². The van der Waals surface area contributed by atoms with Crippen molar-refractivity contribution < 1.29 is 4.74 Å². The molecule has 0 saturated heterocycles. The summed E-state index contributed by atoms with van der Waals surface area (Å²) in [6, 6.07) is 25.0. The van der Waals surface area contributed by atoms with Crippen LogP contribution in [-0.2, 0) is 0 Å².